The average Bonchev–Trinajstić information content (AvgIpc) is 2.01. The number of hydrogen-bond donors (Lipinski definition) is 0. The van der Waals surface area contributed by atoms with Crippen LogP contribution in [0, 0.1) is 5.41 Å². The molecule has 3 heteroatoms. The molecule has 1 heterocycles. The van der Waals surface area contributed by atoms with Gasteiger partial charge in [0.2, 0.25) is 5.78 Å². The first-order valence-corrected chi connectivity index (χ1v) is 4.06. The number of rotatable bonds is 1. The van der Waals surface area contributed by atoms with Gasteiger partial charge in [-0.15, -0.1) is 0 Å². The van der Waals surface area contributed by atoms with E-state index in [1.807, 2.05) is 0 Å². The quantitative estimate of drug-likeness (QED) is 0.620. The van der Waals surface area contributed by atoms with Crippen LogP contribution in [0.15, 0.2) is 27.4 Å². The lowest BCUT2D eigenvalue weighted by molar-refractivity contribution is 0.0823. The van der Waals surface area contributed by atoms with Gasteiger partial charge in [0.05, 0.1) is 0 Å². The van der Waals surface area contributed by atoms with Crippen LogP contribution in [0.2, 0.25) is 0 Å². The van der Waals surface area contributed by atoms with Crippen LogP contribution < -0.4 is 5.63 Å². The minimum absolute atomic E-state index is 0.125. The van der Waals surface area contributed by atoms with Crippen molar-refractivity contribution < 1.29 is 9.21 Å². The zero-order valence-electron chi connectivity index (χ0n) is 7.96. The normalized spacial score (nSPS) is 11.3. The summed E-state index contributed by atoms with van der Waals surface area (Å²) in [7, 11) is 0. The fourth-order valence-electron chi connectivity index (χ4n) is 0.882. The van der Waals surface area contributed by atoms with E-state index in [2.05, 4.69) is 0 Å². The van der Waals surface area contributed by atoms with Crippen LogP contribution in [-0.2, 0) is 0 Å². The maximum absolute atomic E-state index is 11.6. The Kier molecular flexibility index (Phi) is 2.36. The van der Waals surface area contributed by atoms with Gasteiger partial charge in [-0.1, -0.05) is 26.8 Å². The number of ketones is 1. The summed E-state index contributed by atoms with van der Waals surface area (Å²) in [5.41, 5.74) is -1.01. The molecule has 0 aliphatic heterocycles. The maximum Gasteiger partial charge on any atom is 0.336 e. The lowest BCUT2D eigenvalue weighted by atomic mass is 9.89. The minimum atomic E-state index is -0.517. The van der Waals surface area contributed by atoms with E-state index in [0.29, 0.717) is 0 Å². The zero-order chi connectivity index (χ0) is 10.1. The van der Waals surface area contributed by atoms with Crippen LogP contribution >= 0.6 is 0 Å². The Hall–Kier alpha value is -1.38. The molecule has 1 aromatic rings. The van der Waals surface area contributed by atoms with E-state index in [0.717, 1.165) is 0 Å². The van der Waals surface area contributed by atoms with Crippen LogP contribution in [0.3, 0.4) is 0 Å². The molecular formula is C10H12O3. The first-order valence-electron chi connectivity index (χ1n) is 4.06. The monoisotopic (exact) mass is 180 g/mol. The Morgan fingerprint density at radius 2 is 1.92 bits per heavy atom. The summed E-state index contributed by atoms with van der Waals surface area (Å²) < 4.78 is 4.76. The molecule has 13 heavy (non-hydrogen) atoms. The molecule has 0 atom stereocenters. The van der Waals surface area contributed by atoms with Crippen molar-refractivity contribution in [2.45, 2.75) is 20.8 Å². The van der Waals surface area contributed by atoms with Crippen LogP contribution in [0.25, 0.3) is 0 Å². The number of carbonyl (C=O) groups excluding carboxylic acids is 1. The number of Topliss-reactive ketones (excluding diaryl/α,β-unsaturated/α-hetero) is 1. The molecule has 0 N–H and O–H groups in total. The molecule has 0 aliphatic carbocycles. The summed E-state index contributed by atoms with van der Waals surface area (Å²) in [4.78, 5) is 22.4. The van der Waals surface area contributed by atoms with Crippen molar-refractivity contribution >= 4 is 5.78 Å². The lowest BCUT2D eigenvalue weighted by Gasteiger charge is -2.14. The Morgan fingerprint density at radius 3 is 2.38 bits per heavy atom. The topological polar surface area (TPSA) is 47.3 Å². The van der Waals surface area contributed by atoms with Gasteiger partial charge in [0.15, 0.2) is 5.76 Å². The molecule has 0 unspecified atom stereocenters. The van der Waals surface area contributed by atoms with Gasteiger partial charge in [0.1, 0.15) is 0 Å². The summed E-state index contributed by atoms with van der Waals surface area (Å²) in [6.45, 7) is 5.34. The molecule has 70 valence electrons. The van der Waals surface area contributed by atoms with Crippen molar-refractivity contribution in [3.63, 3.8) is 0 Å². The second-order valence-electron chi connectivity index (χ2n) is 3.89. The number of carbonyl (C=O) groups is 1. The Labute approximate surface area is 76.4 Å². The predicted molar refractivity (Wildman–Crippen MR) is 48.8 cm³/mol. The first-order chi connectivity index (χ1) is 5.91. The highest BCUT2D eigenvalue weighted by Crippen LogP contribution is 2.19. The van der Waals surface area contributed by atoms with Gasteiger partial charge < -0.3 is 4.42 Å². The van der Waals surface area contributed by atoms with Crippen molar-refractivity contribution in [3.8, 4) is 0 Å². The summed E-state index contributed by atoms with van der Waals surface area (Å²) in [5.74, 6) is -0.0369. The fourth-order valence-corrected chi connectivity index (χ4v) is 0.882. The van der Waals surface area contributed by atoms with Gasteiger partial charge >= 0.3 is 5.63 Å². The van der Waals surface area contributed by atoms with E-state index >= 15 is 0 Å². The van der Waals surface area contributed by atoms with Gasteiger partial charge in [-0.25, -0.2) is 4.79 Å². The molecule has 0 bridgehead atoms. The van der Waals surface area contributed by atoms with Gasteiger partial charge in [-0.3, -0.25) is 4.79 Å². The molecule has 0 saturated carbocycles. The van der Waals surface area contributed by atoms with E-state index in [4.69, 9.17) is 4.42 Å². The second kappa shape index (κ2) is 3.17. The molecule has 1 rings (SSSR count). The van der Waals surface area contributed by atoms with Gasteiger partial charge in [0.25, 0.3) is 0 Å². The molecule has 0 fully saturated rings. The van der Waals surface area contributed by atoms with E-state index in [9.17, 15) is 9.59 Å². The van der Waals surface area contributed by atoms with Crippen molar-refractivity contribution in [2.75, 3.05) is 0 Å². The van der Waals surface area contributed by atoms with Crippen LogP contribution in [-0.4, -0.2) is 5.78 Å². The van der Waals surface area contributed by atoms with E-state index in [-0.39, 0.29) is 11.5 Å². The van der Waals surface area contributed by atoms with Crippen molar-refractivity contribution in [1.29, 1.82) is 0 Å². The third-order valence-corrected chi connectivity index (χ3v) is 1.60. The predicted octanol–water partition coefficient (Wildman–Crippen LogP) is 1.87. The fraction of sp³-hybridized carbons (Fsp3) is 0.400. The molecular weight excluding hydrogens is 168 g/mol. The van der Waals surface area contributed by atoms with E-state index < -0.39 is 11.0 Å². The first kappa shape index (κ1) is 9.71. The third-order valence-electron chi connectivity index (χ3n) is 1.60. The smallest absolute Gasteiger partial charge is 0.336 e. The number of hydrogen-bond acceptors (Lipinski definition) is 3. The summed E-state index contributed by atoms with van der Waals surface area (Å²) in [6, 6.07) is 4.30. The van der Waals surface area contributed by atoms with E-state index in [1.54, 1.807) is 20.8 Å². The van der Waals surface area contributed by atoms with Gasteiger partial charge in [-0.2, -0.15) is 0 Å². The standard InChI is InChI=1S/C10H12O3/c1-10(2,3)9(12)7-5-4-6-8(11)13-7/h4-6H,1-3H3. The molecule has 0 saturated heterocycles. The largest absolute Gasteiger partial charge is 0.420 e. The highest BCUT2D eigenvalue weighted by atomic mass is 16.4. The van der Waals surface area contributed by atoms with Crippen molar-refractivity contribution in [1.82, 2.24) is 0 Å². The Balaban J connectivity index is 3.10. The molecule has 0 spiro atoms. The lowest BCUT2D eigenvalue weighted by Crippen LogP contribution is -2.21. The third kappa shape index (κ3) is 2.28. The molecule has 0 aliphatic rings. The van der Waals surface area contributed by atoms with Crippen molar-refractivity contribution in [2.24, 2.45) is 5.41 Å². The summed E-state index contributed by atoms with van der Waals surface area (Å²) in [6.07, 6.45) is 0. The van der Waals surface area contributed by atoms with Gasteiger partial charge in [0, 0.05) is 11.5 Å². The highest BCUT2D eigenvalue weighted by molar-refractivity contribution is 5.97. The van der Waals surface area contributed by atoms with Crippen LogP contribution in [0.5, 0.6) is 0 Å². The maximum atomic E-state index is 11.6. The van der Waals surface area contributed by atoms with Gasteiger partial charge in [-0.05, 0) is 6.07 Å². The Morgan fingerprint density at radius 1 is 1.31 bits per heavy atom. The minimum Gasteiger partial charge on any atom is -0.420 e. The second-order valence-corrected chi connectivity index (χ2v) is 3.89. The molecule has 0 aromatic carbocycles. The summed E-state index contributed by atoms with van der Waals surface area (Å²) in [5, 5.41) is 0. The molecule has 1 aromatic heterocycles. The molecule has 3 nitrogen and oxygen atoms in total. The molecule has 0 radical (unpaired) electrons. The van der Waals surface area contributed by atoms with Crippen LogP contribution in [0.4, 0.5) is 0 Å². The molecule has 0 amide bonds. The van der Waals surface area contributed by atoms with Crippen molar-refractivity contribution in [3.05, 3.63) is 34.4 Å². The van der Waals surface area contributed by atoms with Crippen LogP contribution in [0.1, 0.15) is 31.3 Å². The zero-order valence-corrected chi connectivity index (χ0v) is 7.96. The average molecular weight is 180 g/mol. The van der Waals surface area contributed by atoms with E-state index in [1.165, 1.54) is 18.2 Å². The highest BCUT2D eigenvalue weighted by Gasteiger charge is 2.24. The Bertz CT molecular complexity index is 368. The SMILES string of the molecule is CC(C)(C)C(=O)c1cccc(=O)o1. The summed E-state index contributed by atoms with van der Waals surface area (Å²) >= 11 is 0.